The van der Waals surface area contributed by atoms with E-state index in [1.807, 2.05) is 18.2 Å². The summed E-state index contributed by atoms with van der Waals surface area (Å²) in [5, 5.41) is 0. The van der Waals surface area contributed by atoms with Crippen molar-refractivity contribution >= 4 is 16.2 Å². The van der Waals surface area contributed by atoms with Gasteiger partial charge in [-0.3, -0.25) is 4.79 Å². The lowest BCUT2D eigenvalue weighted by Crippen LogP contribution is -2.49. The smallest absolute Gasteiger partial charge is 0.308 e. The number of hydrogen-bond donors (Lipinski definition) is 0. The highest BCUT2D eigenvalue weighted by atomic mass is 32.2. The summed E-state index contributed by atoms with van der Waals surface area (Å²) in [6, 6.07) is 7.97. The molecule has 1 aromatic carbocycles. The number of ether oxygens (including phenoxy) is 1. The van der Waals surface area contributed by atoms with E-state index < -0.39 is 10.2 Å². The van der Waals surface area contributed by atoms with Crippen LogP contribution in [-0.2, 0) is 32.7 Å². The third-order valence-electron chi connectivity index (χ3n) is 4.74. The van der Waals surface area contributed by atoms with Crippen LogP contribution in [0.1, 0.15) is 24.0 Å². The summed E-state index contributed by atoms with van der Waals surface area (Å²) in [6.45, 7) is 1.69. The molecule has 0 N–H and O–H groups in total. The SMILES string of the molecule is COC(=O)C1CCN(S(=O)(=O)N2CCc3ccccc3C2)CC1. The minimum absolute atomic E-state index is 0.187. The first-order valence-corrected chi connectivity index (χ1v) is 9.32. The minimum Gasteiger partial charge on any atom is -0.469 e. The molecule has 2 heterocycles. The standard InChI is InChI=1S/C16H22N2O4S/c1-22-16(19)14-7-9-17(10-8-14)23(20,21)18-11-6-13-4-2-3-5-15(13)12-18/h2-5,14H,6-12H2,1H3. The molecule has 2 aliphatic rings. The monoisotopic (exact) mass is 338 g/mol. The molecule has 0 spiro atoms. The molecule has 1 fully saturated rings. The van der Waals surface area contributed by atoms with Gasteiger partial charge >= 0.3 is 5.97 Å². The number of piperidine rings is 1. The summed E-state index contributed by atoms with van der Waals surface area (Å²) in [4.78, 5) is 11.6. The van der Waals surface area contributed by atoms with Gasteiger partial charge in [0.1, 0.15) is 0 Å². The Labute approximate surface area is 137 Å². The van der Waals surface area contributed by atoms with Crippen molar-refractivity contribution in [3.63, 3.8) is 0 Å². The van der Waals surface area contributed by atoms with Crippen molar-refractivity contribution in [1.82, 2.24) is 8.61 Å². The van der Waals surface area contributed by atoms with Gasteiger partial charge in [-0.2, -0.15) is 17.0 Å². The van der Waals surface area contributed by atoms with Gasteiger partial charge in [-0.15, -0.1) is 0 Å². The fraction of sp³-hybridized carbons (Fsp3) is 0.562. The predicted molar refractivity (Wildman–Crippen MR) is 85.8 cm³/mol. The first-order valence-electron chi connectivity index (χ1n) is 7.92. The van der Waals surface area contributed by atoms with Crippen LogP contribution >= 0.6 is 0 Å². The number of rotatable bonds is 3. The second-order valence-corrected chi connectivity index (χ2v) is 7.98. The maximum Gasteiger partial charge on any atom is 0.308 e. The fourth-order valence-electron chi connectivity index (χ4n) is 3.32. The van der Waals surface area contributed by atoms with Crippen molar-refractivity contribution in [1.29, 1.82) is 0 Å². The summed E-state index contributed by atoms with van der Waals surface area (Å²) < 4.78 is 33.5. The van der Waals surface area contributed by atoms with Crippen LogP contribution in [0.4, 0.5) is 0 Å². The molecule has 0 atom stereocenters. The Kier molecular flexibility index (Phi) is 4.70. The third-order valence-corrected chi connectivity index (χ3v) is 6.72. The molecule has 1 saturated heterocycles. The van der Waals surface area contributed by atoms with Crippen LogP contribution in [0.25, 0.3) is 0 Å². The van der Waals surface area contributed by atoms with E-state index in [1.165, 1.54) is 17.0 Å². The summed E-state index contributed by atoms with van der Waals surface area (Å²) in [6.07, 6.45) is 1.79. The largest absolute Gasteiger partial charge is 0.469 e. The molecule has 0 amide bonds. The van der Waals surface area contributed by atoms with Gasteiger partial charge in [0.05, 0.1) is 13.0 Å². The summed E-state index contributed by atoms with van der Waals surface area (Å²) in [5.41, 5.74) is 2.30. The summed E-state index contributed by atoms with van der Waals surface area (Å²) >= 11 is 0. The summed E-state index contributed by atoms with van der Waals surface area (Å²) in [5.74, 6) is -0.428. The number of fused-ring (bicyclic) bond motifs is 1. The van der Waals surface area contributed by atoms with E-state index in [-0.39, 0.29) is 11.9 Å². The number of methoxy groups -OCH3 is 1. The molecule has 126 valence electrons. The average molecular weight is 338 g/mol. The Bertz CT molecular complexity index is 681. The number of carbonyl (C=O) groups excluding carboxylic acids is 1. The second kappa shape index (κ2) is 6.59. The molecule has 2 aliphatic heterocycles. The Balaban J connectivity index is 1.68. The fourth-order valence-corrected chi connectivity index (χ4v) is 4.94. The topological polar surface area (TPSA) is 66.9 Å². The van der Waals surface area contributed by atoms with Crippen molar-refractivity contribution in [2.75, 3.05) is 26.7 Å². The highest BCUT2D eigenvalue weighted by Gasteiger charge is 2.36. The maximum absolute atomic E-state index is 12.8. The zero-order valence-electron chi connectivity index (χ0n) is 13.3. The lowest BCUT2D eigenvalue weighted by Gasteiger charge is -2.36. The van der Waals surface area contributed by atoms with E-state index >= 15 is 0 Å². The van der Waals surface area contributed by atoms with E-state index in [1.54, 1.807) is 4.31 Å². The van der Waals surface area contributed by atoms with Crippen molar-refractivity contribution in [3.05, 3.63) is 35.4 Å². The second-order valence-electron chi connectivity index (χ2n) is 6.06. The van der Waals surface area contributed by atoms with E-state index in [0.717, 1.165) is 12.0 Å². The van der Waals surface area contributed by atoms with Crippen molar-refractivity contribution in [3.8, 4) is 0 Å². The molecule has 0 aliphatic carbocycles. The summed E-state index contributed by atoms with van der Waals surface area (Å²) in [7, 11) is -2.10. The van der Waals surface area contributed by atoms with Crippen LogP contribution in [0.5, 0.6) is 0 Å². The van der Waals surface area contributed by atoms with Gasteiger partial charge in [-0.25, -0.2) is 0 Å². The maximum atomic E-state index is 12.8. The van der Waals surface area contributed by atoms with Crippen molar-refractivity contribution in [2.24, 2.45) is 5.92 Å². The molecule has 3 rings (SSSR count). The van der Waals surface area contributed by atoms with E-state index in [9.17, 15) is 13.2 Å². The van der Waals surface area contributed by atoms with Gasteiger partial charge in [0.25, 0.3) is 10.2 Å². The molecule has 0 radical (unpaired) electrons. The first-order chi connectivity index (χ1) is 11.0. The van der Waals surface area contributed by atoms with Gasteiger partial charge in [0.2, 0.25) is 0 Å². The van der Waals surface area contributed by atoms with Crippen molar-refractivity contribution in [2.45, 2.75) is 25.8 Å². The zero-order chi connectivity index (χ0) is 16.4. The van der Waals surface area contributed by atoms with Crippen LogP contribution in [0.2, 0.25) is 0 Å². The highest BCUT2D eigenvalue weighted by Crippen LogP contribution is 2.26. The van der Waals surface area contributed by atoms with Crippen LogP contribution in [0.15, 0.2) is 24.3 Å². The van der Waals surface area contributed by atoms with Crippen LogP contribution in [-0.4, -0.2) is 49.7 Å². The molecular weight excluding hydrogens is 316 g/mol. The molecular formula is C16H22N2O4S. The van der Waals surface area contributed by atoms with Gasteiger partial charge in [-0.05, 0) is 30.4 Å². The first kappa shape index (κ1) is 16.4. The van der Waals surface area contributed by atoms with Gasteiger partial charge < -0.3 is 4.74 Å². The van der Waals surface area contributed by atoms with Gasteiger partial charge in [0.15, 0.2) is 0 Å². The lowest BCUT2D eigenvalue weighted by molar-refractivity contribution is -0.146. The van der Waals surface area contributed by atoms with E-state index in [0.29, 0.717) is 39.0 Å². The van der Waals surface area contributed by atoms with Gasteiger partial charge in [0, 0.05) is 26.2 Å². The molecule has 0 saturated carbocycles. The average Bonchev–Trinajstić information content (AvgIpc) is 2.60. The third kappa shape index (κ3) is 3.27. The number of esters is 1. The molecule has 1 aromatic rings. The van der Waals surface area contributed by atoms with E-state index in [4.69, 9.17) is 4.74 Å². The normalized spacial score (nSPS) is 20.9. The Hall–Kier alpha value is -1.44. The molecule has 0 aromatic heterocycles. The van der Waals surface area contributed by atoms with Crippen molar-refractivity contribution < 1.29 is 17.9 Å². The van der Waals surface area contributed by atoms with Crippen LogP contribution in [0, 0.1) is 5.92 Å². The Morgan fingerprint density at radius 3 is 2.39 bits per heavy atom. The molecule has 0 bridgehead atoms. The van der Waals surface area contributed by atoms with Gasteiger partial charge in [-0.1, -0.05) is 24.3 Å². The Morgan fingerprint density at radius 2 is 1.74 bits per heavy atom. The quantitative estimate of drug-likeness (QED) is 0.776. The Morgan fingerprint density at radius 1 is 1.09 bits per heavy atom. The van der Waals surface area contributed by atoms with Crippen LogP contribution in [0.3, 0.4) is 0 Å². The van der Waals surface area contributed by atoms with E-state index in [2.05, 4.69) is 6.07 Å². The minimum atomic E-state index is -3.47. The lowest BCUT2D eigenvalue weighted by atomic mass is 9.99. The number of nitrogens with zero attached hydrogens (tertiary/aromatic N) is 2. The number of carbonyl (C=O) groups is 1. The zero-order valence-corrected chi connectivity index (χ0v) is 14.1. The number of hydrogen-bond acceptors (Lipinski definition) is 4. The van der Waals surface area contributed by atoms with Crippen LogP contribution < -0.4 is 0 Å². The molecule has 7 heteroatoms. The molecule has 0 unspecified atom stereocenters. The molecule has 23 heavy (non-hydrogen) atoms. The molecule has 6 nitrogen and oxygen atoms in total. The highest BCUT2D eigenvalue weighted by molar-refractivity contribution is 7.86. The predicted octanol–water partition coefficient (Wildman–Crippen LogP) is 1.17. The number of benzene rings is 1.